The molecule has 2 rings (SSSR count). The highest BCUT2D eigenvalue weighted by atomic mass is 15.3. The van der Waals surface area contributed by atoms with Gasteiger partial charge in [-0.3, -0.25) is 4.90 Å². The lowest BCUT2D eigenvalue weighted by Gasteiger charge is -2.32. The normalized spacial score (nSPS) is 26.3. The minimum Gasteiger partial charge on any atom is -0.314 e. The molecule has 0 bridgehead atoms. The van der Waals surface area contributed by atoms with Crippen LogP contribution < -0.4 is 5.32 Å². The molecule has 0 aliphatic carbocycles. The Morgan fingerprint density at radius 3 is 2.67 bits per heavy atom. The van der Waals surface area contributed by atoms with Gasteiger partial charge >= 0.3 is 0 Å². The molecule has 0 aromatic heterocycles. The maximum atomic E-state index is 3.59. The van der Waals surface area contributed by atoms with Gasteiger partial charge in [0, 0.05) is 18.6 Å². The quantitative estimate of drug-likeness (QED) is 0.659. The van der Waals surface area contributed by atoms with Crippen LogP contribution in [0.2, 0.25) is 0 Å². The predicted octanol–water partition coefficient (Wildman–Crippen LogP) is 3.11. The number of nitrogens with one attached hydrogen (secondary N) is 1. The van der Waals surface area contributed by atoms with Gasteiger partial charge < -0.3 is 10.2 Å². The molecule has 3 nitrogen and oxygen atoms in total. The van der Waals surface area contributed by atoms with E-state index in [9.17, 15) is 0 Å². The van der Waals surface area contributed by atoms with Gasteiger partial charge in [0.25, 0.3) is 0 Å². The third-order valence-electron chi connectivity index (χ3n) is 5.26. The van der Waals surface area contributed by atoms with E-state index in [1.807, 2.05) is 0 Å². The van der Waals surface area contributed by atoms with Crippen molar-refractivity contribution >= 4 is 0 Å². The Balaban J connectivity index is 1.52. The first-order chi connectivity index (χ1) is 10.3. The van der Waals surface area contributed by atoms with Gasteiger partial charge in [0.1, 0.15) is 0 Å². The van der Waals surface area contributed by atoms with Crippen molar-refractivity contribution < 1.29 is 0 Å². The van der Waals surface area contributed by atoms with Gasteiger partial charge in [0.05, 0.1) is 0 Å². The molecule has 1 N–H and O–H groups in total. The van der Waals surface area contributed by atoms with E-state index in [4.69, 9.17) is 0 Å². The van der Waals surface area contributed by atoms with Crippen molar-refractivity contribution in [1.82, 2.24) is 15.1 Å². The van der Waals surface area contributed by atoms with Crippen LogP contribution in [-0.4, -0.2) is 61.2 Å². The largest absolute Gasteiger partial charge is 0.314 e. The van der Waals surface area contributed by atoms with Crippen molar-refractivity contribution in [3.8, 4) is 0 Å². The fourth-order valence-electron chi connectivity index (χ4n) is 3.88. The number of unbranched alkanes of at least 4 members (excludes halogenated alkanes) is 1. The van der Waals surface area contributed by atoms with Crippen LogP contribution in [-0.2, 0) is 0 Å². The Kier molecular flexibility index (Phi) is 8.05. The molecule has 124 valence electrons. The molecule has 2 fully saturated rings. The molecule has 2 atom stereocenters. The van der Waals surface area contributed by atoms with Crippen LogP contribution in [0.5, 0.6) is 0 Å². The molecule has 0 aromatic rings. The van der Waals surface area contributed by atoms with Crippen LogP contribution in [0.3, 0.4) is 0 Å². The number of hydrogen-bond acceptors (Lipinski definition) is 3. The van der Waals surface area contributed by atoms with Crippen LogP contribution >= 0.6 is 0 Å². The molecule has 3 heteroatoms. The molecule has 0 spiro atoms. The van der Waals surface area contributed by atoms with E-state index < -0.39 is 0 Å². The first-order valence-electron chi connectivity index (χ1n) is 9.49. The second-order valence-corrected chi connectivity index (χ2v) is 7.19. The minimum atomic E-state index is 0.699. The number of hydrogen-bond donors (Lipinski definition) is 1. The minimum absolute atomic E-state index is 0.699. The zero-order chi connectivity index (χ0) is 14.9. The topological polar surface area (TPSA) is 18.5 Å². The summed E-state index contributed by atoms with van der Waals surface area (Å²) in [5.74, 6) is 0. The van der Waals surface area contributed by atoms with E-state index in [2.05, 4.69) is 29.0 Å². The zero-order valence-corrected chi connectivity index (χ0v) is 14.4. The second kappa shape index (κ2) is 9.81. The summed E-state index contributed by atoms with van der Waals surface area (Å²) < 4.78 is 0. The molecule has 0 amide bonds. The van der Waals surface area contributed by atoms with Crippen LogP contribution in [0.1, 0.15) is 65.2 Å². The van der Waals surface area contributed by atoms with Crippen LogP contribution in [0.25, 0.3) is 0 Å². The number of piperidine rings is 1. The molecule has 0 aromatic carbocycles. The SMILES string of the molecule is CCCNC(C)CCCCN1CCC(N2CCCCC2)C1. The van der Waals surface area contributed by atoms with Crippen molar-refractivity contribution in [3.63, 3.8) is 0 Å². The molecular formula is C18H37N3. The first kappa shape index (κ1) is 17.2. The van der Waals surface area contributed by atoms with Crippen LogP contribution in [0, 0.1) is 0 Å². The molecule has 0 saturated carbocycles. The second-order valence-electron chi connectivity index (χ2n) is 7.19. The summed E-state index contributed by atoms with van der Waals surface area (Å²) >= 11 is 0. The lowest BCUT2D eigenvalue weighted by molar-refractivity contribution is 0.162. The Morgan fingerprint density at radius 1 is 1.10 bits per heavy atom. The summed E-state index contributed by atoms with van der Waals surface area (Å²) in [6, 6.07) is 1.57. The zero-order valence-electron chi connectivity index (χ0n) is 14.4. The highest BCUT2D eigenvalue weighted by Crippen LogP contribution is 2.20. The smallest absolute Gasteiger partial charge is 0.0235 e. The Bertz CT molecular complexity index is 263. The Hall–Kier alpha value is -0.120. The molecule has 2 aliphatic rings. The lowest BCUT2D eigenvalue weighted by atomic mass is 10.1. The standard InChI is InChI=1S/C18H37N3/c1-3-11-19-17(2)9-5-8-12-20-15-10-18(16-20)21-13-6-4-7-14-21/h17-19H,3-16H2,1-2H3. The predicted molar refractivity (Wildman–Crippen MR) is 91.9 cm³/mol. The van der Waals surface area contributed by atoms with Crippen molar-refractivity contribution in [2.75, 3.05) is 39.3 Å². The lowest BCUT2D eigenvalue weighted by Crippen LogP contribution is -2.40. The fourth-order valence-corrected chi connectivity index (χ4v) is 3.88. The van der Waals surface area contributed by atoms with Crippen molar-refractivity contribution in [1.29, 1.82) is 0 Å². The van der Waals surface area contributed by atoms with E-state index in [0.717, 1.165) is 6.04 Å². The van der Waals surface area contributed by atoms with Gasteiger partial charge in [-0.05, 0) is 78.2 Å². The number of rotatable bonds is 9. The average Bonchev–Trinajstić information content (AvgIpc) is 2.99. The van der Waals surface area contributed by atoms with E-state index in [0.29, 0.717) is 6.04 Å². The van der Waals surface area contributed by atoms with Crippen LogP contribution in [0.15, 0.2) is 0 Å². The number of nitrogens with zero attached hydrogens (tertiary/aromatic N) is 2. The molecule has 2 heterocycles. The maximum Gasteiger partial charge on any atom is 0.0235 e. The van der Waals surface area contributed by atoms with Crippen molar-refractivity contribution in [2.24, 2.45) is 0 Å². The highest BCUT2D eigenvalue weighted by molar-refractivity contribution is 4.84. The molecule has 2 unspecified atom stereocenters. The monoisotopic (exact) mass is 295 g/mol. The van der Waals surface area contributed by atoms with Gasteiger partial charge in [-0.1, -0.05) is 19.8 Å². The van der Waals surface area contributed by atoms with Gasteiger partial charge in [0.15, 0.2) is 0 Å². The molecule has 2 aliphatic heterocycles. The summed E-state index contributed by atoms with van der Waals surface area (Å²) in [5, 5.41) is 3.59. The summed E-state index contributed by atoms with van der Waals surface area (Å²) in [5.41, 5.74) is 0. The van der Waals surface area contributed by atoms with Crippen molar-refractivity contribution in [2.45, 2.75) is 77.3 Å². The molecular weight excluding hydrogens is 258 g/mol. The summed E-state index contributed by atoms with van der Waals surface area (Å²) in [6.45, 7) is 12.5. The Morgan fingerprint density at radius 2 is 1.90 bits per heavy atom. The third-order valence-corrected chi connectivity index (χ3v) is 5.26. The summed E-state index contributed by atoms with van der Waals surface area (Å²) in [7, 11) is 0. The Labute approximate surface area is 132 Å². The van der Waals surface area contributed by atoms with Crippen molar-refractivity contribution in [3.05, 3.63) is 0 Å². The number of likely N-dealkylation sites (tertiary alicyclic amines) is 2. The first-order valence-corrected chi connectivity index (χ1v) is 9.49. The van der Waals surface area contributed by atoms with E-state index in [-0.39, 0.29) is 0 Å². The van der Waals surface area contributed by atoms with Gasteiger partial charge in [-0.25, -0.2) is 0 Å². The van der Waals surface area contributed by atoms with Gasteiger partial charge in [-0.15, -0.1) is 0 Å². The van der Waals surface area contributed by atoms with E-state index >= 15 is 0 Å². The average molecular weight is 296 g/mol. The van der Waals surface area contributed by atoms with E-state index in [1.54, 1.807) is 0 Å². The van der Waals surface area contributed by atoms with Crippen LogP contribution in [0.4, 0.5) is 0 Å². The molecule has 21 heavy (non-hydrogen) atoms. The van der Waals surface area contributed by atoms with Gasteiger partial charge in [-0.2, -0.15) is 0 Å². The molecule has 0 radical (unpaired) electrons. The fraction of sp³-hybridized carbons (Fsp3) is 1.00. The molecule has 2 saturated heterocycles. The summed E-state index contributed by atoms with van der Waals surface area (Å²) in [6.07, 6.45) is 11.1. The van der Waals surface area contributed by atoms with Gasteiger partial charge in [0.2, 0.25) is 0 Å². The third kappa shape index (κ3) is 6.25. The summed E-state index contributed by atoms with van der Waals surface area (Å²) in [4.78, 5) is 5.48. The highest BCUT2D eigenvalue weighted by Gasteiger charge is 2.27. The van der Waals surface area contributed by atoms with E-state index in [1.165, 1.54) is 90.6 Å². The maximum absolute atomic E-state index is 3.59.